The Bertz CT molecular complexity index is 3290. The number of benzene rings is 7. The molecular formula is C59H53N3OPt. The predicted molar refractivity (Wildman–Crippen MR) is 263 cm³/mol. The number of rotatable bonds is 9. The van der Waals surface area contributed by atoms with Gasteiger partial charge < -0.3 is 4.74 Å². The Balaban J connectivity index is 0.00000625. The zero-order chi connectivity index (χ0) is 47.4. The van der Waals surface area contributed by atoms with Crippen LogP contribution in [0.4, 0.5) is 0 Å². The van der Waals surface area contributed by atoms with Gasteiger partial charge in [0.15, 0.2) is 0 Å². The minimum atomic E-state index is -2.33. The first-order chi connectivity index (χ1) is 31.9. The number of aryl methyl sites for hydroxylation is 3. The minimum absolute atomic E-state index is 0. The molecule has 9 aromatic rings. The Labute approximate surface area is 399 Å². The smallest absolute Gasteiger partial charge is 0.665 e. The van der Waals surface area contributed by atoms with Crippen LogP contribution in [0.3, 0.4) is 0 Å². The fraction of sp³-hybridized carbons (Fsp3) is 0.169. The van der Waals surface area contributed by atoms with Gasteiger partial charge in [-0.2, -0.15) is 7.11 Å². The maximum absolute atomic E-state index is 8.51. The molecule has 9 rings (SSSR count). The van der Waals surface area contributed by atoms with Gasteiger partial charge in [0.2, 0.25) is 0 Å². The third kappa shape index (κ3) is 8.65. The monoisotopic (exact) mass is 1020 g/mol. The number of aromatic nitrogens is 3. The summed E-state index contributed by atoms with van der Waals surface area (Å²) in [5.41, 5.74) is 16.3. The molecule has 0 unspecified atom stereocenters. The molecule has 0 fully saturated rings. The van der Waals surface area contributed by atoms with Crippen LogP contribution in [0, 0.1) is 33.9 Å². The average molecular weight is 1020 g/mol. The van der Waals surface area contributed by atoms with Gasteiger partial charge in [0.1, 0.15) is 5.82 Å². The Kier molecular flexibility index (Phi) is 11.1. The van der Waals surface area contributed by atoms with Crippen LogP contribution in [-0.4, -0.2) is 14.5 Å². The first kappa shape index (κ1) is 39.3. The summed E-state index contributed by atoms with van der Waals surface area (Å²) in [6.45, 7) is 12.1. The number of imidazole rings is 1. The van der Waals surface area contributed by atoms with Crippen molar-refractivity contribution in [3.63, 3.8) is 0 Å². The van der Waals surface area contributed by atoms with Crippen molar-refractivity contribution < 1.29 is 31.3 Å². The van der Waals surface area contributed by atoms with Gasteiger partial charge in [-0.05, 0) is 107 Å². The summed E-state index contributed by atoms with van der Waals surface area (Å²) in [6, 6.07) is 54.8. The van der Waals surface area contributed by atoms with Crippen molar-refractivity contribution in [2.45, 2.75) is 66.6 Å². The first-order valence-electron chi connectivity index (χ1n) is 23.4. The van der Waals surface area contributed by atoms with E-state index in [0.717, 1.165) is 94.7 Å². The molecule has 0 radical (unpaired) electrons. The molecular weight excluding hydrogens is 962 g/mol. The molecule has 0 saturated heterocycles. The molecule has 320 valence electrons. The van der Waals surface area contributed by atoms with E-state index in [1.807, 2.05) is 75.5 Å². The molecule has 5 heteroatoms. The number of hydrogen-bond donors (Lipinski definition) is 0. The molecule has 2 aromatic heterocycles. The third-order valence-corrected chi connectivity index (χ3v) is 11.9. The van der Waals surface area contributed by atoms with E-state index >= 15 is 0 Å². The van der Waals surface area contributed by atoms with E-state index in [0.29, 0.717) is 11.6 Å². The van der Waals surface area contributed by atoms with Gasteiger partial charge >= 0.3 is 21.1 Å². The number of nitrogens with zero attached hydrogens (tertiary/aromatic N) is 3. The summed E-state index contributed by atoms with van der Waals surface area (Å²) in [6.07, 6.45) is 1.84. The van der Waals surface area contributed by atoms with E-state index in [-0.39, 0.29) is 32.0 Å². The maximum atomic E-state index is 8.51. The molecule has 0 atom stereocenters. The summed E-state index contributed by atoms with van der Waals surface area (Å²) in [4.78, 5) is 10.5. The summed E-state index contributed by atoms with van der Waals surface area (Å²) in [5, 5.41) is 0. The number of ether oxygens (including phenoxy) is 1. The van der Waals surface area contributed by atoms with E-state index in [9.17, 15) is 0 Å². The fourth-order valence-electron chi connectivity index (χ4n) is 8.57. The van der Waals surface area contributed by atoms with Gasteiger partial charge in [-0.25, -0.2) is 4.98 Å². The van der Waals surface area contributed by atoms with Gasteiger partial charge in [0.25, 0.3) is 0 Å². The Morgan fingerprint density at radius 1 is 0.672 bits per heavy atom. The van der Waals surface area contributed by atoms with Crippen LogP contribution in [-0.2, 0) is 26.5 Å². The molecule has 0 aliphatic rings. The quantitative estimate of drug-likeness (QED) is 0.135. The van der Waals surface area contributed by atoms with Crippen LogP contribution in [0.5, 0.6) is 5.75 Å². The molecule has 0 amide bonds. The summed E-state index contributed by atoms with van der Waals surface area (Å²) in [7, 11) is 3.88. The fourth-order valence-corrected chi connectivity index (χ4v) is 8.57. The zero-order valence-corrected chi connectivity index (χ0v) is 39.6. The van der Waals surface area contributed by atoms with E-state index < -0.39 is 12.7 Å². The molecule has 7 aromatic carbocycles. The normalized spacial score (nSPS) is 12.8. The topological polar surface area (TPSA) is 39.9 Å². The Hall–Kier alpha value is -6.35. The second kappa shape index (κ2) is 18.0. The van der Waals surface area contributed by atoms with Crippen molar-refractivity contribution in [3.05, 3.63) is 199 Å². The van der Waals surface area contributed by atoms with Crippen molar-refractivity contribution >= 4 is 11.0 Å². The van der Waals surface area contributed by atoms with Gasteiger partial charge in [0.05, 0.1) is 28.0 Å². The largest absolute Gasteiger partial charge is 2.00 e. The molecule has 0 aliphatic heterocycles. The maximum Gasteiger partial charge on any atom is 2.00 e. The van der Waals surface area contributed by atoms with Crippen molar-refractivity contribution in [3.8, 4) is 78.6 Å². The SMILES string of the molecule is [2H]C([2H])([2H])c1ccc(-n2c(-c3cc(C)cc(C)c3O[CH2-])nc3c(-c4[c-]c(-c5cc(-c6ccc(C([2H])(C)C)cc6)ccn5)cc(-c5ccccc5)c4)cccc32)c(-c2ccc(C(C)(C)C)cc2)c1.[Pt+2]. The van der Waals surface area contributed by atoms with Crippen molar-refractivity contribution in [1.29, 1.82) is 0 Å². The molecule has 0 saturated carbocycles. The molecule has 64 heavy (non-hydrogen) atoms. The Morgan fingerprint density at radius 3 is 2.08 bits per heavy atom. The van der Waals surface area contributed by atoms with E-state index in [2.05, 4.69) is 136 Å². The van der Waals surface area contributed by atoms with Crippen LogP contribution >= 0.6 is 0 Å². The predicted octanol–water partition coefficient (Wildman–Crippen LogP) is 15.7. The van der Waals surface area contributed by atoms with E-state index in [4.69, 9.17) is 20.2 Å². The minimum Gasteiger partial charge on any atom is -0.665 e. The van der Waals surface area contributed by atoms with Crippen LogP contribution < -0.4 is 4.74 Å². The van der Waals surface area contributed by atoms with Crippen LogP contribution in [0.2, 0.25) is 0 Å². The van der Waals surface area contributed by atoms with Crippen molar-refractivity contribution in [2.24, 2.45) is 0 Å². The van der Waals surface area contributed by atoms with Crippen molar-refractivity contribution in [2.75, 3.05) is 0 Å². The summed E-state index contributed by atoms with van der Waals surface area (Å²) < 4.78 is 41.9. The molecule has 4 nitrogen and oxygen atoms in total. The van der Waals surface area contributed by atoms with Gasteiger partial charge in [-0.3, -0.25) is 9.55 Å². The van der Waals surface area contributed by atoms with E-state index in [1.54, 1.807) is 12.1 Å². The molecule has 0 bridgehead atoms. The standard InChI is InChI=1S/C59H53N3O.Pt/c1-37(2)41-19-21-43(22-20-41)45-28-29-60-53(36-45)48-34-46(42-14-11-10-12-15-42)33-47(35-48)50-16-13-17-55-56(50)61-58(52-32-39(4)30-40(5)57(52)63-9)62(55)54-27-18-38(3)31-51(54)44-23-25-49(26-24-44)59(6,7)8;/h10-34,36-37H,9H2,1-8H3;/q-2;+2/i3D3,37D;. The number of hydrogen-bond acceptors (Lipinski definition) is 3. The van der Waals surface area contributed by atoms with Crippen molar-refractivity contribution in [1.82, 2.24) is 14.5 Å². The van der Waals surface area contributed by atoms with Gasteiger partial charge in [0, 0.05) is 22.9 Å². The van der Waals surface area contributed by atoms with Crippen LogP contribution in [0.25, 0.3) is 83.9 Å². The first-order valence-corrected chi connectivity index (χ1v) is 21.4. The Morgan fingerprint density at radius 2 is 1.38 bits per heavy atom. The summed E-state index contributed by atoms with van der Waals surface area (Å²) in [5.74, 6) is 0.524. The zero-order valence-electron chi connectivity index (χ0n) is 41.3. The average Bonchev–Trinajstić information content (AvgIpc) is 3.70. The van der Waals surface area contributed by atoms with Crippen LogP contribution in [0.15, 0.2) is 158 Å². The molecule has 0 aliphatic carbocycles. The number of fused-ring (bicyclic) bond motifs is 1. The van der Waals surface area contributed by atoms with Gasteiger partial charge in [-0.1, -0.05) is 166 Å². The summed E-state index contributed by atoms with van der Waals surface area (Å²) >= 11 is 0. The third-order valence-electron chi connectivity index (χ3n) is 11.9. The number of para-hydroxylation sites is 1. The van der Waals surface area contributed by atoms with E-state index in [1.165, 1.54) is 5.56 Å². The molecule has 0 N–H and O–H groups in total. The molecule has 2 heterocycles. The second-order valence-corrected chi connectivity index (χ2v) is 17.7. The van der Waals surface area contributed by atoms with Crippen LogP contribution in [0.1, 0.15) is 73.8 Å². The second-order valence-electron chi connectivity index (χ2n) is 17.7. The van der Waals surface area contributed by atoms with Gasteiger partial charge in [-0.15, -0.1) is 23.8 Å². The number of pyridine rings is 1. The molecule has 0 spiro atoms.